The normalized spacial score (nSPS) is 16.0. The highest BCUT2D eigenvalue weighted by molar-refractivity contribution is 5.66. The number of hydrogen-bond acceptors (Lipinski definition) is 3. The minimum Gasteiger partial charge on any atom is -0.458 e. The molecule has 0 aromatic rings. The van der Waals surface area contributed by atoms with Crippen LogP contribution in [0.15, 0.2) is 36.0 Å². The Hall–Kier alpha value is -1.35. The molecular formula is C17H28O3. The molecule has 0 saturated carbocycles. The van der Waals surface area contributed by atoms with E-state index < -0.39 is 5.60 Å². The minimum absolute atomic E-state index is 0.214. The molecule has 0 aliphatic carbocycles. The highest BCUT2D eigenvalue weighted by Crippen LogP contribution is 2.17. The van der Waals surface area contributed by atoms with Crippen molar-refractivity contribution in [1.29, 1.82) is 0 Å². The van der Waals surface area contributed by atoms with Gasteiger partial charge in [-0.05, 0) is 46.6 Å². The Labute approximate surface area is 123 Å². The molecule has 1 N–H and O–H groups in total. The predicted octanol–water partition coefficient (Wildman–Crippen LogP) is 3.94. The molecule has 114 valence electrons. The molecule has 0 amide bonds. The molecule has 0 radical (unpaired) electrons. The maximum Gasteiger partial charge on any atom is 0.303 e. The van der Waals surface area contributed by atoms with Gasteiger partial charge in [-0.2, -0.15) is 0 Å². The molecule has 0 aliphatic heterocycles. The molecule has 20 heavy (non-hydrogen) atoms. The number of allylic oxidation sites excluding steroid dienone is 2. The van der Waals surface area contributed by atoms with E-state index >= 15 is 0 Å². The molecule has 0 aliphatic rings. The van der Waals surface area contributed by atoms with Gasteiger partial charge in [-0.1, -0.05) is 23.3 Å². The van der Waals surface area contributed by atoms with Gasteiger partial charge in [0.15, 0.2) is 0 Å². The van der Waals surface area contributed by atoms with Crippen LogP contribution >= 0.6 is 0 Å². The number of rotatable bonds is 8. The van der Waals surface area contributed by atoms with E-state index in [1.807, 2.05) is 26.8 Å². The summed E-state index contributed by atoms with van der Waals surface area (Å²) in [5, 5.41) is 9.83. The van der Waals surface area contributed by atoms with Crippen LogP contribution in [0.4, 0.5) is 0 Å². The molecule has 0 spiro atoms. The largest absolute Gasteiger partial charge is 0.458 e. The van der Waals surface area contributed by atoms with Crippen molar-refractivity contribution < 1.29 is 14.6 Å². The molecule has 0 bridgehead atoms. The lowest BCUT2D eigenvalue weighted by Gasteiger charge is -2.17. The topological polar surface area (TPSA) is 46.5 Å². The third-order valence-electron chi connectivity index (χ3n) is 2.94. The average molecular weight is 280 g/mol. The monoisotopic (exact) mass is 280 g/mol. The van der Waals surface area contributed by atoms with Crippen molar-refractivity contribution in [3.05, 3.63) is 36.0 Å². The van der Waals surface area contributed by atoms with Gasteiger partial charge >= 0.3 is 5.97 Å². The second-order valence-electron chi connectivity index (χ2n) is 5.75. The second kappa shape index (κ2) is 8.75. The molecule has 2 unspecified atom stereocenters. The first-order valence-electron chi connectivity index (χ1n) is 7.00. The zero-order valence-electron chi connectivity index (χ0n) is 13.4. The first kappa shape index (κ1) is 18.7. The van der Waals surface area contributed by atoms with E-state index in [0.717, 1.165) is 17.6 Å². The molecule has 0 aromatic carbocycles. The van der Waals surface area contributed by atoms with E-state index in [1.54, 1.807) is 13.0 Å². The predicted molar refractivity (Wildman–Crippen MR) is 83.4 cm³/mol. The van der Waals surface area contributed by atoms with Gasteiger partial charge in [0, 0.05) is 13.3 Å². The maximum atomic E-state index is 11.1. The van der Waals surface area contributed by atoms with Crippen molar-refractivity contribution in [3.8, 4) is 0 Å². The lowest BCUT2D eigenvalue weighted by atomic mass is 9.98. The van der Waals surface area contributed by atoms with Crippen molar-refractivity contribution in [3.63, 3.8) is 0 Å². The van der Waals surface area contributed by atoms with Crippen molar-refractivity contribution in [1.82, 2.24) is 0 Å². The second-order valence-corrected chi connectivity index (χ2v) is 5.75. The standard InChI is InChI=1S/C17H28O3/c1-7-17(6,19)10-8-9-14(4)12-16(11-13(2)3)20-15(5)18/h7,9,11,16,19H,1,8,10,12H2,2-6H3. The minimum atomic E-state index is -0.827. The summed E-state index contributed by atoms with van der Waals surface area (Å²) in [5.74, 6) is -0.269. The molecule has 3 nitrogen and oxygen atoms in total. The van der Waals surface area contributed by atoms with Crippen molar-refractivity contribution >= 4 is 5.97 Å². The maximum absolute atomic E-state index is 11.1. The van der Waals surface area contributed by atoms with Crippen LogP contribution in [0.5, 0.6) is 0 Å². The Balaban J connectivity index is 4.51. The van der Waals surface area contributed by atoms with Gasteiger partial charge in [0.2, 0.25) is 0 Å². The molecule has 0 rings (SSSR count). The Morgan fingerprint density at radius 3 is 2.40 bits per heavy atom. The molecule has 0 heterocycles. The Kier molecular flexibility index (Phi) is 8.16. The van der Waals surface area contributed by atoms with E-state index in [-0.39, 0.29) is 12.1 Å². The Morgan fingerprint density at radius 2 is 1.95 bits per heavy atom. The van der Waals surface area contributed by atoms with Crippen molar-refractivity contribution in [2.45, 2.75) is 65.6 Å². The van der Waals surface area contributed by atoms with Gasteiger partial charge < -0.3 is 9.84 Å². The van der Waals surface area contributed by atoms with Crippen LogP contribution in [0.2, 0.25) is 0 Å². The highest BCUT2D eigenvalue weighted by Gasteiger charge is 2.14. The van der Waals surface area contributed by atoms with Crippen LogP contribution in [-0.2, 0) is 9.53 Å². The van der Waals surface area contributed by atoms with Crippen LogP contribution < -0.4 is 0 Å². The highest BCUT2D eigenvalue weighted by atomic mass is 16.5. The Morgan fingerprint density at radius 1 is 1.35 bits per heavy atom. The quantitative estimate of drug-likeness (QED) is 0.541. The van der Waals surface area contributed by atoms with E-state index in [9.17, 15) is 9.90 Å². The van der Waals surface area contributed by atoms with Gasteiger partial charge in [0.25, 0.3) is 0 Å². The van der Waals surface area contributed by atoms with Crippen molar-refractivity contribution in [2.75, 3.05) is 0 Å². The zero-order chi connectivity index (χ0) is 15.8. The number of carbonyl (C=O) groups is 1. The molecule has 2 atom stereocenters. The van der Waals surface area contributed by atoms with E-state index in [4.69, 9.17) is 4.74 Å². The molecule has 3 heteroatoms. The van der Waals surface area contributed by atoms with E-state index in [2.05, 4.69) is 12.7 Å². The number of esters is 1. The van der Waals surface area contributed by atoms with Crippen LogP contribution in [-0.4, -0.2) is 22.8 Å². The fourth-order valence-corrected chi connectivity index (χ4v) is 1.83. The van der Waals surface area contributed by atoms with Crippen molar-refractivity contribution in [2.24, 2.45) is 0 Å². The van der Waals surface area contributed by atoms with Gasteiger partial charge in [0.05, 0.1) is 5.60 Å². The number of carbonyl (C=O) groups excluding carboxylic acids is 1. The third-order valence-corrected chi connectivity index (χ3v) is 2.94. The third kappa shape index (κ3) is 9.56. The van der Waals surface area contributed by atoms with Gasteiger partial charge in [-0.3, -0.25) is 4.79 Å². The first-order valence-corrected chi connectivity index (χ1v) is 7.00. The summed E-state index contributed by atoms with van der Waals surface area (Å²) in [5.41, 5.74) is 1.44. The van der Waals surface area contributed by atoms with Crippen LogP contribution in [0, 0.1) is 0 Å². The summed E-state index contributed by atoms with van der Waals surface area (Å²) in [6, 6.07) is 0. The Bertz CT molecular complexity index is 385. The summed E-state index contributed by atoms with van der Waals surface area (Å²) in [7, 11) is 0. The molecule has 0 fully saturated rings. The lowest BCUT2D eigenvalue weighted by molar-refractivity contribution is -0.144. The number of aliphatic hydroxyl groups is 1. The summed E-state index contributed by atoms with van der Waals surface area (Å²) in [6.45, 7) is 12.8. The first-order chi connectivity index (χ1) is 9.16. The fourth-order valence-electron chi connectivity index (χ4n) is 1.83. The van der Waals surface area contributed by atoms with Gasteiger partial charge in [0.1, 0.15) is 6.10 Å². The fraction of sp³-hybridized carbons (Fsp3) is 0.588. The smallest absolute Gasteiger partial charge is 0.303 e. The number of hydrogen-bond donors (Lipinski definition) is 1. The van der Waals surface area contributed by atoms with E-state index in [0.29, 0.717) is 12.8 Å². The van der Waals surface area contributed by atoms with Crippen LogP contribution in [0.3, 0.4) is 0 Å². The van der Waals surface area contributed by atoms with Gasteiger partial charge in [-0.25, -0.2) is 0 Å². The number of ether oxygens (including phenoxy) is 1. The summed E-state index contributed by atoms with van der Waals surface area (Å²) in [6.07, 6.45) is 7.46. The summed E-state index contributed by atoms with van der Waals surface area (Å²) >= 11 is 0. The zero-order valence-corrected chi connectivity index (χ0v) is 13.4. The summed E-state index contributed by atoms with van der Waals surface area (Å²) in [4.78, 5) is 11.1. The van der Waals surface area contributed by atoms with Crippen LogP contribution in [0.25, 0.3) is 0 Å². The molecular weight excluding hydrogens is 252 g/mol. The lowest BCUT2D eigenvalue weighted by Crippen LogP contribution is -2.19. The van der Waals surface area contributed by atoms with Crippen LogP contribution in [0.1, 0.15) is 53.9 Å². The summed E-state index contributed by atoms with van der Waals surface area (Å²) < 4.78 is 5.28. The van der Waals surface area contributed by atoms with E-state index in [1.165, 1.54) is 6.92 Å². The van der Waals surface area contributed by atoms with Gasteiger partial charge in [-0.15, -0.1) is 6.58 Å². The average Bonchev–Trinajstić information content (AvgIpc) is 2.26. The molecule has 0 saturated heterocycles. The molecule has 0 aromatic heterocycles. The SMILES string of the molecule is C=CC(C)(O)CCC=C(C)CC(C=C(C)C)OC(C)=O.